The number of hydrogen-bond donors (Lipinski definition) is 3. The summed E-state index contributed by atoms with van der Waals surface area (Å²) >= 11 is 0. The van der Waals surface area contributed by atoms with Gasteiger partial charge in [-0.1, -0.05) is 31.5 Å². The maximum absolute atomic E-state index is 13.5. The second kappa shape index (κ2) is 9.69. The summed E-state index contributed by atoms with van der Waals surface area (Å²) in [6, 6.07) is 10.3. The zero-order valence-corrected chi connectivity index (χ0v) is 19.1. The van der Waals surface area contributed by atoms with Gasteiger partial charge in [0.1, 0.15) is 0 Å². The van der Waals surface area contributed by atoms with E-state index in [-0.39, 0.29) is 35.4 Å². The van der Waals surface area contributed by atoms with Crippen LogP contribution in [0.2, 0.25) is 0 Å². The van der Waals surface area contributed by atoms with Crippen LogP contribution in [0.4, 0.5) is 8.78 Å². The third-order valence-corrected chi connectivity index (χ3v) is 6.43. The Kier molecular flexibility index (Phi) is 6.68. The molecule has 35 heavy (non-hydrogen) atoms. The van der Waals surface area contributed by atoms with Crippen molar-refractivity contribution in [2.45, 2.75) is 32.1 Å². The lowest BCUT2D eigenvalue weighted by Crippen LogP contribution is -2.29. The number of fused-ring (bicyclic) bond motifs is 3. The van der Waals surface area contributed by atoms with Gasteiger partial charge in [-0.2, -0.15) is 0 Å². The minimum atomic E-state index is -1.19. The number of primary amides is 1. The molecule has 1 aliphatic heterocycles. The summed E-state index contributed by atoms with van der Waals surface area (Å²) < 4.78 is 26.7. The van der Waals surface area contributed by atoms with E-state index in [1.54, 1.807) is 0 Å². The van der Waals surface area contributed by atoms with Crippen LogP contribution in [0.1, 0.15) is 53.7 Å². The Morgan fingerprint density at radius 3 is 2.37 bits per heavy atom. The molecule has 3 aromatic rings. The van der Waals surface area contributed by atoms with Crippen LogP contribution in [0.5, 0.6) is 0 Å². The largest absolute Gasteiger partial charge is 0.478 e. The minimum Gasteiger partial charge on any atom is -0.478 e. The first-order valence-electron chi connectivity index (χ1n) is 11.3. The van der Waals surface area contributed by atoms with E-state index in [0.717, 1.165) is 41.4 Å². The Morgan fingerprint density at radius 2 is 1.80 bits per heavy atom. The number of nitrogens with zero attached hydrogens (tertiary/aromatic N) is 1. The van der Waals surface area contributed by atoms with Crippen molar-refractivity contribution in [3.05, 3.63) is 77.1 Å². The maximum Gasteiger partial charge on any atom is 0.339 e. The van der Waals surface area contributed by atoms with Crippen molar-refractivity contribution in [2.24, 2.45) is 11.7 Å². The first-order chi connectivity index (χ1) is 16.7. The monoisotopic (exact) mass is 481 g/mol. The fourth-order valence-electron chi connectivity index (χ4n) is 4.34. The molecular weight excluding hydrogens is 456 g/mol. The Labute approximate surface area is 200 Å². The number of aromatic nitrogens is 1. The van der Waals surface area contributed by atoms with Crippen LogP contribution in [-0.2, 0) is 9.59 Å². The molecule has 182 valence electrons. The Bertz CT molecular complexity index is 1340. The van der Waals surface area contributed by atoms with Crippen LogP contribution >= 0.6 is 0 Å². The van der Waals surface area contributed by atoms with Crippen molar-refractivity contribution in [3.8, 4) is 0 Å². The van der Waals surface area contributed by atoms with E-state index in [9.17, 15) is 28.3 Å². The van der Waals surface area contributed by atoms with Crippen LogP contribution in [-0.4, -0.2) is 39.3 Å². The molecule has 9 heteroatoms. The van der Waals surface area contributed by atoms with Gasteiger partial charge in [-0.25, -0.2) is 13.6 Å². The van der Waals surface area contributed by atoms with Crippen molar-refractivity contribution in [3.63, 3.8) is 0 Å². The fraction of sp³-hybridized carbons (Fsp3) is 0.269. The number of nitrogens with two attached hydrogens (primary N) is 1. The third-order valence-electron chi connectivity index (χ3n) is 6.43. The van der Waals surface area contributed by atoms with Gasteiger partial charge in [0.15, 0.2) is 11.6 Å². The van der Waals surface area contributed by atoms with Gasteiger partial charge in [0.25, 0.3) is 5.91 Å². The van der Waals surface area contributed by atoms with Crippen LogP contribution in [0.3, 0.4) is 0 Å². The van der Waals surface area contributed by atoms with E-state index in [1.165, 1.54) is 23.6 Å². The highest BCUT2D eigenvalue weighted by molar-refractivity contribution is 6.17. The number of halogens is 2. The zero-order chi connectivity index (χ0) is 25.3. The van der Waals surface area contributed by atoms with E-state index in [0.29, 0.717) is 5.69 Å². The average molecular weight is 481 g/mol. The summed E-state index contributed by atoms with van der Waals surface area (Å²) in [7, 11) is 0. The normalized spacial score (nSPS) is 17.4. The second-order valence-corrected chi connectivity index (χ2v) is 8.82. The van der Waals surface area contributed by atoms with Gasteiger partial charge < -0.3 is 20.7 Å². The van der Waals surface area contributed by atoms with Crippen LogP contribution in [0, 0.1) is 17.6 Å². The van der Waals surface area contributed by atoms with E-state index in [1.807, 2.05) is 31.2 Å². The summed E-state index contributed by atoms with van der Waals surface area (Å²) in [6.45, 7) is 2.09. The highest BCUT2D eigenvalue weighted by Gasteiger charge is 2.30. The van der Waals surface area contributed by atoms with Crippen LogP contribution in [0.15, 0.2) is 48.7 Å². The number of H-pyrrole nitrogens is 1. The predicted molar refractivity (Wildman–Crippen MR) is 126 cm³/mol. The molecule has 2 aliphatic rings. The molecule has 5 rings (SSSR count). The number of carbonyl (C=O) groups excluding carboxylic acids is 2. The standard InChI is InChI=1S/C21H16F2N2O3.C5H9NO/c1-11-9-25(20(26)12-6-7-15(22)16(23)8-12)10-14(21(27)28)19-18(11)13-4-2-3-5-17(13)24-19;6-5(7)4-2-1-3-4/h2-8,10-11,24H,9H2,1H3,(H,27,28);4H,1-3H2,(H2,6,7). The molecule has 0 bridgehead atoms. The number of hydrogen-bond acceptors (Lipinski definition) is 3. The van der Waals surface area contributed by atoms with Crippen molar-refractivity contribution in [1.82, 2.24) is 9.88 Å². The molecule has 2 amide bonds. The molecule has 4 N–H and O–H groups in total. The molecule has 1 atom stereocenters. The lowest BCUT2D eigenvalue weighted by atomic mass is 9.85. The van der Waals surface area contributed by atoms with Crippen LogP contribution in [0.25, 0.3) is 16.5 Å². The first kappa shape index (κ1) is 24.1. The number of para-hydroxylation sites is 1. The molecular formula is C26H25F2N3O4. The molecule has 2 aromatic carbocycles. The van der Waals surface area contributed by atoms with Gasteiger partial charge in [-0.15, -0.1) is 0 Å². The van der Waals surface area contributed by atoms with Crippen molar-refractivity contribution in [1.29, 1.82) is 0 Å². The minimum absolute atomic E-state index is 0.0532. The van der Waals surface area contributed by atoms with E-state index in [4.69, 9.17) is 5.73 Å². The number of aliphatic carboxylic acids is 1. The Morgan fingerprint density at radius 1 is 1.09 bits per heavy atom. The third kappa shape index (κ3) is 4.80. The van der Waals surface area contributed by atoms with Gasteiger partial charge in [0.2, 0.25) is 5.91 Å². The number of carboxylic acid groups (broad SMARTS) is 1. The van der Waals surface area contributed by atoms with Crippen molar-refractivity contribution < 1.29 is 28.3 Å². The number of amides is 2. The maximum atomic E-state index is 13.5. The molecule has 1 aromatic heterocycles. The Balaban J connectivity index is 0.000000356. The topological polar surface area (TPSA) is 116 Å². The number of carbonyl (C=O) groups is 3. The Hall–Kier alpha value is -4.01. The fourth-order valence-corrected chi connectivity index (χ4v) is 4.34. The van der Waals surface area contributed by atoms with Gasteiger partial charge in [-0.05, 0) is 42.7 Å². The molecule has 0 spiro atoms. The quantitative estimate of drug-likeness (QED) is 0.514. The molecule has 2 heterocycles. The molecule has 7 nitrogen and oxygen atoms in total. The van der Waals surface area contributed by atoms with E-state index in [2.05, 4.69) is 4.98 Å². The van der Waals surface area contributed by atoms with Gasteiger partial charge >= 0.3 is 5.97 Å². The number of carboxylic acids is 1. The van der Waals surface area contributed by atoms with Crippen molar-refractivity contribution in [2.75, 3.05) is 6.54 Å². The molecule has 1 fully saturated rings. The SMILES string of the molecule is CC1CN(C(=O)c2ccc(F)c(F)c2)C=C(C(=O)O)c2[nH]c3ccccc3c21.NC(=O)C1CCC1. The molecule has 0 radical (unpaired) electrons. The number of rotatable bonds is 3. The predicted octanol–water partition coefficient (Wildman–Crippen LogP) is 4.40. The van der Waals surface area contributed by atoms with Gasteiger partial charge in [-0.3, -0.25) is 9.59 Å². The van der Waals surface area contributed by atoms with E-state index < -0.39 is 23.5 Å². The summed E-state index contributed by atoms with van der Waals surface area (Å²) in [5, 5.41) is 10.6. The molecule has 1 aliphatic carbocycles. The number of aromatic amines is 1. The van der Waals surface area contributed by atoms with Crippen molar-refractivity contribution >= 4 is 34.3 Å². The molecule has 1 saturated carbocycles. The number of benzene rings is 2. The lowest BCUT2D eigenvalue weighted by Gasteiger charge is -2.21. The highest BCUT2D eigenvalue weighted by atomic mass is 19.2. The van der Waals surface area contributed by atoms with Crippen LogP contribution < -0.4 is 5.73 Å². The number of nitrogens with one attached hydrogen (secondary N) is 1. The average Bonchev–Trinajstić information content (AvgIpc) is 3.08. The summed E-state index contributed by atoms with van der Waals surface area (Å²) in [5.41, 5.74) is 6.91. The van der Waals surface area contributed by atoms with Gasteiger partial charge in [0, 0.05) is 41.0 Å². The summed E-state index contributed by atoms with van der Waals surface area (Å²) in [4.78, 5) is 39.4. The summed E-state index contributed by atoms with van der Waals surface area (Å²) in [6.07, 6.45) is 4.49. The smallest absolute Gasteiger partial charge is 0.339 e. The molecule has 1 unspecified atom stereocenters. The molecule has 0 saturated heterocycles. The van der Waals surface area contributed by atoms with Gasteiger partial charge in [0.05, 0.1) is 11.3 Å². The first-order valence-corrected chi connectivity index (χ1v) is 11.3. The lowest BCUT2D eigenvalue weighted by molar-refractivity contribution is -0.130. The second-order valence-electron chi connectivity index (χ2n) is 8.82. The zero-order valence-electron chi connectivity index (χ0n) is 19.1. The van der Waals surface area contributed by atoms with E-state index >= 15 is 0 Å². The summed E-state index contributed by atoms with van der Waals surface area (Å²) in [5.74, 6) is -4.06. The highest BCUT2D eigenvalue weighted by Crippen LogP contribution is 2.36.